The molecule has 0 radical (unpaired) electrons. The van der Waals surface area contributed by atoms with E-state index in [4.69, 9.17) is 11.6 Å². The van der Waals surface area contributed by atoms with Gasteiger partial charge < -0.3 is 5.32 Å². The van der Waals surface area contributed by atoms with E-state index in [0.717, 1.165) is 10.7 Å². The van der Waals surface area contributed by atoms with E-state index < -0.39 is 4.92 Å². The molecule has 1 aromatic carbocycles. The number of aryl methyl sites for hydroxylation is 1. The summed E-state index contributed by atoms with van der Waals surface area (Å²) < 4.78 is 0. The number of nitro groups is 1. The van der Waals surface area contributed by atoms with Crippen molar-refractivity contribution in [1.29, 1.82) is 0 Å². The molecule has 1 N–H and O–H groups in total. The molecule has 0 aliphatic heterocycles. The number of benzene rings is 1. The average molecular weight is 284 g/mol. The van der Waals surface area contributed by atoms with Gasteiger partial charge in [0.15, 0.2) is 0 Å². The van der Waals surface area contributed by atoms with Crippen molar-refractivity contribution >= 4 is 34.3 Å². The zero-order valence-corrected chi connectivity index (χ0v) is 11.1. The lowest BCUT2D eigenvalue weighted by molar-refractivity contribution is -0.383. The Hall–Kier alpha value is -1.66. The van der Waals surface area contributed by atoms with Gasteiger partial charge in [-0.3, -0.25) is 10.1 Å². The van der Waals surface area contributed by atoms with Crippen molar-refractivity contribution in [3.05, 3.63) is 49.4 Å². The van der Waals surface area contributed by atoms with Crippen LogP contribution in [0.25, 0.3) is 0 Å². The van der Waals surface area contributed by atoms with Gasteiger partial charge in [0, 0.05) is 17.1 Å². The fourth-order valence-electron chi connectivity index (χ4n) is 1.49. The van der Waals surface area contributed by atoms with Crippen molar-refractivity contribution in [3.8, 4) is 0 Å². The molecule has 0 aliphatic carbocycles. The van der Waals surface area contributed by atoms with E-state index >= 15 is 0 Å². The quantitative estimate of drug-likeness (QED) is 0.687. The summed E-state index contributed by atoms with van der Waals surface area (Å²) in [6, 6.07) is 4.59. The minimum absolute atomic E-state index is 0.0317. The normalized spacial score (nSPS) is 10.3. The largest absolute Gasteiger partial charge is 0.372 e. The van der Waals surface area contributed by atoms with Crippen LogP contribution >= 0.6 is 22.9 Å². The fourth-order valence-corrected chi connectivity index (χ4v) is 2.44. The number of hydrogen-bond donors (Lipinski definition) is 1. The van der Waals surface area contributed by atoms with Gasteiger partial charge in [0.2, 0.25) is 0 Å². The second kappa shape index (κ2) is 5.32. The van der Waals surface area contributed by atoms with Crippen LogP contribution in [0, 0.1) is 17.0 Å². The zero-order valence-electron chi connectivity index (χ0n) is 9.51. The topological polar surface area (TPSA) is 68.1 Å². The van der Waals surface area contributed by atoms with Crippen LogP contribution in [-0.4, -0.2) is 9.91 Å². The van der Waals surface area contributed by atoms with Crippen molar-refractivity contribution in [1.82, 2.24) is 4.98 Å². The highest BCUT2D eigenvalue weighted by molar-refractivity contribution is 7.09. The molecule has 0 aliphatic rings. The van der Waals surface area contributed by atoms with E-state index in [0.29, 0.717) is 17.3 Å². The van der Waals surface area contributed by atoms with Crippen LogP contribution in [0.4, 0.5) is 11.4 Å². The number of thiazole rings is 1. The molecule has 1 heterocycles. The van der Waals surface area contributed by atoms with Crippen LogP contribution in [0.15, 0.2) is 23.6 Å². The Kier molecular flexibility index (Phi) is 3.78. The fraction of sp³-hybridized carbons (Fsp3) is 0.182. The van der Waals surface area contributed by atoms with Gasteiger partial charge in [-0.25, -0.2) is 4.98 Å². The number of nitro benzene ring substituents is 1. The molecule has 1 aromatic heterocycles. The molecule has 18 heavy (non-hydrogen) atoms. The van der Waals surface area contributed by atoms with E-state index in [1.807, 2.05) is 12.3 Å². The maximum absolute atomic E-state index is 10.9. The third-order valence-electron chi connectivity index (χ3n) is 2.27. The number of rotatable bonds is 4. The Bertz CT molecular complexity index is 585. The first-order valence-corrected chi connectivity index (χ1v) is 6.41. The number of halogens is 1. The number of para-hydroxylation sites is 1. The van der Waals surface area contributed by atoms with Crippen LogP contribution in [0.3, 0.4) is 0 Å². The number of nitrogens with zero attached hydrogens (tertiary/aromatic N) is 2. The summed E-state index contributed by atoms with van der Waals surface area (Å²) in [7, 11) is 0. The predicted octanol–water partition coefficient (Wildman–Crippen LogP) is 3.63. The lowest BCUT2D eigenvalue weighted by Crippen LogP contribution is -2.03. The molecule has 0 spiro atoms. The molecule has 2 rings (SSSR count). The molecule has 0 saturated heterocycles. The molecule has 0 fully saturated rings. The minimum atomic E-state index is -0.457. The van der Waals surface area contributed by atoms with Gasteiger partial charge in [0.25, 0.3) is 5.69 Å². The highest BCUT2D eigenvalue weighted by Crippen LogP contribution is 2.32. The summed E-state index contributed by atoms with van der Waals surface area (Å²) >= 11 is 7.46. The third-order valence-corrected chi connectivity index (χ3v) is 3.55. The SMILES string of the molecule is Cc1csc(CNc2c(Cl)cccc2[N+](=O)[O-])n1. The van der Waals surface area contributed by atoms with Gasteiger partial charge in [0.1, 0.15) is 10.7 Å². The average Bonchev–Trinajstić information content (AvgIpc) is 2.73. The maximum atomic E-state index is 10.9. The lowest BCUT2D eigenvalue weighted by atomic mass is 10.2. The molecular weight excluding hydrogens is 274 g/mol. The van der Waals surface area contributed by atoms with Crippen molar-refractivity contribution in [2.45, 2.75) is 13.5 Å². The lowest BCUT2D eigenvalue weighted by Gasteiger charge is -2.07. The molecular formula is C11H10ClN3O2S. The van der Waals surface area contributed by atoms with Gasteiger partial charge in [-0.15, -0.1) is 11.3 Å². The van der Waals surface area contributed by atoms with Crippen LogP contribution in [0.5, 0.6) is 0 Å². The Morgan fingerprint density at radius 3 is 2.94 bits per heavy atom. The molecule has 5 nitrogen and oxygen atoms in total. The van der Waals surface area contributed by atoms with Crippen molar-refractivity contribution in [2.24, 2.45) is 0 Å². The predicted molar refractivity (Wildman–Crippen MR) is 72.3 cm³/mol. The summed E-state index contributed by atoms with van der Waals surface area (Å²) in [4.78, 5) is 14.7. The summed E-state index contributed by atoms with van der Waals surface area (Å²) in [5.41, 5.74) is 1.23. The molecule has 0 bridgehead atoms. The van der Waals surface area contributed by atoms with Gasteiger partial charge in [-0.1, -0.05) is 17.7 Å². The van der Waals surface area contributed by atoms with Gasteiger partial charge >= 0.3 is 0 Å². The number of hydrogen-bond acceptors (Lipinski definition) is 5. The molecule has 0 atom stereocenters. The monoisotopic (exact) mass is 283 g/mol. The third kappa shape index (κ3) is 2.77. The Balaban J connectivity index is 2.20. The van der Waals surface area contributed by atoms with E-state index in [-0.39, 0.29) is 5.69 Å². The van der Waals surface area contributed by atoms with E-state index in [1.54, 1.807) is 12.1 Å². The highest BCUT2D eigenvalue weighted by Gasteiger charge is 2.16. The van der Waals surface area contributed by atoms with Crippen molar-refractivity contribution in [2.75, 3.05) is 5.32 Å². The number of anilines is 1. The van der Waals surface area contributed by atoms with Gasteiger partial charge in [-0.2, -0.15) is 0 Å². The molecule has 0 amide bonds. The standard InChI is InChI=1S/C11H10ClN3O2S/c1-7-6-18-10(14-7)5-13-11-8(12)3-2-4-9(11)15(16)17/h2-4,6,13H,5H2,1H3. The summed E-state index contributed by atoms with van der Waals surface area (Å²) in [5, 5.41) is 17.0. The first kappa shape index (κ1) is 12.8. The molecule has 94 valence electrons. The smallest absolute Gasteiger partial charge is 0.293 e. The Labute approximate surface area is 113 Å². The molecule has 0 saturated carbocycles. The first-order valence-electron chi connectivity index (χ1n) is 5.15. The summed E-state index contributed by atoms with van der Waals surface area (Å²) in [6.07, 6.45) is 0. The van der Waals surface area contributed by atoms with E-state index in [1.165, 1.54) is 17.4 Å². The van der Waals surface area contributed by atoms with Crippen molar-refractivity contribution in [3.63, 3.8) is 0 Å². The minimum Gasteiger partial charge on any atom is -0.372 e. The highest BCUT2D eigenvalue weighted by atomic mass is 35.5. The van der Waals surface area contributed by atoms with E-state index in [9.17, 15) is 10.1 Å². The number of nitrogens with one attached hydrogen (secondary N) is 1. The van der Waals surface area contributed by atoms with Crippen molar-refractivity contribution < 1.29 is 4.92 Å². The van der Waals surface area contributed by atoms with Crippen LogP contribution < -0.4 is 5.32 Å². The second-order valence-corrected chi connectivity index (χ2v) is 4.98. The Morgan fingerprint density at radius 2 is 2.33 bits per heavy atom. The zero-order chi connectivity index (χ0) is 13.1. The second-order valence-electron chi connectivity index (χ2n) is 3.63. The molecule has 7 heteroatoms. The van der Waals surface area contributed by atoms with Crippen LogP contribution in [0.2, 0.25) is 5.02 Å². The van der Waals surface area contributed by atoms with E-state index in [2.05, 4.69) is 10.3 Å². The summed E-state index contributed by atoms with van der Waals surface area (Å²) in [5.74, 6) is 0. The van der Waals surface area contributed by atoms with Crippen LogP contribution in [-0.2, 0) is 6.54 Å². The number of aromatic nitrogens is 1. The molecule has 2 aromatic rings. The summed E-state index contributed by atoms with van der Waals surface area (Å²) in [6.45, 7) is 2.32. The first-order chi connectivity index (χ1) is 8.58. The maximum Gasteiger partial charge on any atom is 0.293 e. The van der Waals surface area contributed by atoms with Gasteiger partial charge in [0.05, 0.1) is 16.5 Å². The molecule has 0 unspecified atom stereocenters. The van der Waals surface area contributed by atoms with Gasteiger partial charge in [-0.05, 0) is 13.0 Å². The Morgan fingerprint density at radius 1 is 1.56 bits per heavy atom. The van der Waals surface area contributed by atoms with Crippen LogP contribution in [0.1, 0.15) is 10.7 Å².